The zero-order valence-corrected chi connectivity index (χ0v) is 17.0. The number of nitrogens with one attached hydrogen (secondary N) is 1. The van der Waals surface area contributed by atoms with Crippen LogP contribution in [0.2, 0.25) is 0 Å². The Balaban J connectivity index is 1.40. The lowest BCUT2D eigenvalue weighted by atomic mass is 10.0. The lowest BCUT2D eigenvalue weighted by Crippen LogP contribution is -2.34. The van der Waals surface area contributed by atoms with Crippen LogP contribution in [0.4, 0.5) is 11.5 Å². The highest BCUT2D eigenvalue weighted by atomic mass is 16.5. The molecule has 0 radical (unpaired) electrons. The number of nitrogen functional groups attached to an aromatic ring is 1. The summed E-state index contributed by atoms with van der Waals surface area (Å²) in [5.41, 5.74) is 9.15. The van der Waals surface area contributed by atoms with E-state index in [1.54, 1.807) is 6.07 Å². The standard InChI is InChI=1S/C23H27N5O2/c24-22-19-7-9-28(21-11-17(29)10-16-5-1-2-6-18(16)21)13-20(19)26-23(27-22)30-14-15-4-3-8-25-12-15/h1-2,5-6,10-11,15,25,29H,3-4,7-9,12-14H2,(H2,24,26,27)/t15-/m1/s1. The number of aromatic nitrogens is 2. The van der Waals surface area contributed by atoms with Crippen LogP contribution in [0.15, 0.2) is 36.4 Å². The highest BCUT2D eigenvalue weighted by Crippen LogP contribution is 2.35. The van der Waals surface area contributed by atoms with Crippen LogP contribution in [0.3, 0.4) is 0 Å². The van der Waals surface area contributed by atoms with Crippen molar-refractivity contribution < 1.29 is 9.84 Å². The lowest BCUT2D eigenvalue weighted by molar-refractivity contribution is 0.204. The first-order valence-corrected chi connectivity index (χ1v) is 10.6. The van der Waals surface area contributed by atoms with Gasteiger partial charge in [-0.05, 0) is 37.3 Å². The first-order valence-electron chi connectivity index (χ1n) is 10.6. The molecule has 0 amide bonds. The molecule has 2 aromatic carbocycles. The summed E-state index contributed by atoms with van der Waals surface area (Å²) in [5.74, 6) is 1.26. The molecule has 1 saturated heterocycles. The maximum atomic E-state index is 10.2. The Kier molecular flexibility index (Phi) is 5.04. The smallest absolute Gasteiger partial charge is 0.318 e. The van der Waals surface area contributed by atoms with Crippen molar-refractivity contribution in [1.82, 2.24) is 15.3 Å². The molecule has 2 aliphatic heterocycles. The number of hydrogen-bond donors (Lipinski definition) is 3. The first kappa shape index (κ1) is 18.9. The van der Waals surface area contributed by atoms with Gasteiger partial charge in [-0.25, -0.2) is 0 Å². The number of phenols is 1. The highest BCUT2D eigenvalue weighted by molar-refractivity contribution is 5.95. The van der Waals surface area contributed by atoms with Gasteiger partial charge < -0.3 is 25.8 Å². The van der Waals surface area contributed by atoms with E-state index in [0.29, 0.717) is 30.9 Å². The summed E-state index contributed by atoms with van der Waals surface area (Å²) >= 11 is 0. The zero-order chi connectivity index (χ0) is 20.5. The quantitative estimate of drug-likeness (QED) is 0.614. The third-order valence-corrected chi connectivity index (χ3v) is 6.09. The number of anilines is 2. The van der Waals surface area contributed by atoms with Gasteiger partial charge in [0.15, 0.2) is 0 Å². The van der Waals surface area contributed by atoms with Crippen molar-refractivity contribution >= 4 is 22.3 Å². The van der Waals surface area contributed by atoms with E-state index < -0.39 is 0 Å². The summed E-state index contributed by atoms with van der Waals surface area (Å²) in [5, 5.41) is 15.8. The molecule has 3 heterocycles. The second-order valence-electron chi connectivity index (χ2n) is 8.20. The van der Waals surface area contributed by atoms with Crippen molar-refractivity contribution in [2.45, 2.75) is 25.8 Å². The summed E-state index contributed by atoms with van der Waals surface area (Å²) in [6, 6.07) is 12.1. The molecule has 0 saturated carbocycles. The van der Waals surface area contributed by atoms with E-state index in [9.17, 15) is 5.11 Å². The molecule has 1 atom stereocenters. The van der Waals surface area contributed by atoms with Gasteiger partial charge in [-0.3, -0.25) is 0 Å². The average molecular weight is 406 g/mol. The van der Waals surface area contributed by atoms with Gasteiger partial charge in [-0.15, -0.1) is 0 Å². The topological polar surface area (TPSA) is 96.5 Å². The summed E-state index contributed by atoms with van der Waals surface area (Å²) in [6.07, 6.45) is 3.10. The van der Waals surface area contributed by atoms with Gasteiger partial charge in [0.05, 0.1) is 18.8 Å². The van der Waals surface area contributed by atoms with Gasteiger partial charge in [-0.1, -0.05) is 24.3 Å². The number of nitrogens with zero attached hydrogens (tertiary/aromatic N) is 3. The van der Waals surface area contributed by atoms with Crippen LogP contribution in [-0.4, -0.2) is 41.3 Å². The first-order chi connectivity index (χ1) is 14.7. The number of nitrogens with two attached hydrogens (primary N) is 1. The third-order valence-electron chi connectivity index (χ3n) is 6.09. The monoisotopic (exact) mass is 405 g/mol. The number of phenolic OH excluding ortho intramolecular Hbond substituents is 1. The molecule has 4 N–H and O–H groups in total. The van der Waals surface area contributed by atoms with Gasteiger partial charge in [0, 0.05) is 41.7 Å². The summed E-state index contributed by atoms with van der Waals surface area (Å²) in [7, 11) is 0. The van der Waals surface area contributed by atoms with E-state index >= 15 is 0 Å². The molecular formula is C23H27N5O2. The van der Waals surface area contributed by atoms with Crippen LogP contribution >= 0.6 is 0 Å². The Morgan fingerprint density at radius 3 is 3.00 bits per heavy atom. The van der Waals surface area contributed by atoms with Crippen molar-refractivity contribution in [2.75, 3.05) is 36.9 Å². The Morgan fingerprint density at radius 2 is 2.13 bits per heavy atom. The largest absolute Gasteiger partial charge is 0.508 e. The molecule has 0 bridgehead atoms. The number of hydrogen-bond acceptors (Lipinski definition) is 7. The normalized spacial score (nSPS) is 18.9. The molecule has 3 aromatic rings. The number of aromatic hydroxyl groups is 1. The molecule has 7 heteroatoms. The zero-order valence-electron chi connectivity index (χ0n) is 17.0. The van der Waals surface area contributed by atoms with E-state index in [-0.39, 0.29) is 5.75 Å². The lowest BCUT2D eigenvalue weighted by Gasteiger charge is -2.31. The van der Waals surface area contributed by atoms with Crippen LogP contribution in [0.1, 0.15) is 24.1 Å². The number of fused-ring (bicyclic) bond motifs is 2. The van der Waals surface area contributed by atoms with E-state index in [1.165, 1.54) is 6.42 Å². The number of benzene rings is 2. The van der Waals surface area contributed by atoms with Gasteiger partial charge in [0.25, 0.3) is 0 Å². The summed E-state index contributed by atoms with van der Waals surface area (Å²) in [6.45, 7) is 4.06. The minimum absolute atomic E-state index is 0.266. The minimum Gasteiger partial charge on any atom is -0.508 e. The van der Waals surface area contributed by atoms with Crippen molar-refractivity contribution in [3.8, 4) is 11.8 Å². The second kappa shape index (κ2) is 7.99. The van der Waals surface area contributed by atoms with Crippen LogP contribution in [0, 0.1) is 5.92 Å². The summed E-state index contributed by atoms with van der Waals surface area (Å²) in [4.78, 5) is 11.3. The van der Waals surface area contributed by atoms with Crippen LogP contribution in [0.5, 0.6) is 11.8 Å². The van der Waals surface area contributed by atoms with Crippen molar-refractivity contribution in [3.05, 3.63) is 47.7 Å². The number of ether oxygens (including phenoxy) is 1. The van der Waals surface area contributed by atoms with E-state index in [4.69, 9.17) is 15.5 Å². The van der Waals surface area contributed by atoms with Gasteiger partial charge in [0.1, 0.15) is 11.6 Å². The molecule has 1 aromatic heterocycles. The maximum absolute atomic E-state index is 10.2. The third kappa shape index (κ3) is 3.73. The second-order valence-corrected chi connectivity index (χ2v) is 8.20. The summed E-state index contributed by atoms with van der Waals surface area (Å²) < 4.78 is 5.92. The minimum atomic E-state index is 0.266. The molecule has 30 heavy (non-hydrogen) atoms. The van der Waals surface area contributed by atoms with Gasteiger partial charge in [-0.2, -0.15) is 9.97 Å². The molecule has 156 valence electrons. The Hall–Kier alpha value is -3.06. The van der Waals surface area contributed by atoms with E-state index in [0.717, 1.165) is 60.2 Å². The molecule has 7 nitrogen and oxygen atoms in total. The molecular weight excluding hydrogens is 378 g/mol. The number of rotatable bonds is 4. The SMILES string of the molecule is Nc1nc(OC[C@@H]2CCCNC2)nc2c1CCN(c1cc(O)cc3ccccc13)C2. The van der Waals surface area contributed by atoms with Crippen molar-refractivity contribution in [2.24, 2.45) is 5.92 Å². The van der Waals surface area contributed by atoms with E-state index in [1.807, 2.05) is 24.3 Å². The molecule has 1 fully saturated rings. The van der Waals surface area contributed by atoms with Crippen molar-refractivity contribution in [3.63, 3.8) is 0 Å². The fourth-order valence-corrected chi connectivity index (χ4v) is 4.50. The Labute approximate surface area is 175 Å². The fraction of sp³-hybridized carbons (Fsp3) is 0.391. The fourth-order valence-electron chi connectivity index (χ4n) is 4.50. The highest BCUT2D eigenvalue weighted by Gasteiger charge is 2.24. The number of piperidine rings is 1. The van der Waals surface area contributed by atoms with Crippen LogP contribution in [0.25, 0.3) is 10.8 Å². The Bertz CT molecular complexity index is 1060. The average Bonchev–Trinajstić information content (AvgIpc) is 2.77. The molecule has 0 spiro atoms. The van der Waals surface area contributed by atoms with Crippen LogP contribution < -0.4 is 20.7 Å². The van der Waals surface area contributed by atoms with Crippen LogP contribution in [-0.2, 0) is 13.0 Å². The van der Waals surface area contributed by atoms with Gasteiger partial charge >= 0.3 is 6.01 Å². The molecule has 5 rings (SSSR count). The van der Waals surface area contributed by atoms with Crippen molar-refractivity contribution in [1.29, 1.82) is 0 Å². The molecule has 0 aliphatic carbocycles. The predicted octanol–water partition coefficient (Wildman–Crippen LogP) is 2.86. The maximum Gasteiger partial charge on any atom is 0.318 e. The molecule has 0 unspecified atom stereocenters. The van der Waals surface area contributed by atoms with E-state index in [2.05, 4.69) is 21.3 Å². The predicted molar refractivity (Wildman–Crippen MR) is 118 cm³/mol. The Morgan fingerprint density at radius 1 is 1.23 bits per heavy atom. The van der Waals surface area contributed by atoms with Gasteiger partial charge in [0.2, 0.25) is 0 Å². The molecule has 2 aliphatic rings.